The minimum atomic E-state index is -3.16. The first-order chi connectivity index (χ1) is 10.0. The molecule has 1 N–H and O–H groups in total. The molecule has 9 heteroatoms. The van der Waals surface area contributed by atoms with Crippen molar-refractivity contribution in [2.45, 2.75) is 32.6 Å². The van der Waals surface area contributed by atoms with E-state index in [0.717, 1.165) is 6.42 Å². The Bertz CT molecular complexity index is 551. The fourth-order valence-corrected chi connectivity index (χ4v) is 4.41. The van der Waals surface area contributed by atoms with Crippen LogP contribution in [0.15, 0.2) is 5.51 Å². The zero-order valence-corrected chi connectivity index (χ0v) is 13.6. The van der Waals surface area contributed by atoms with Crippen molar-refractivity contribution >= 4 is 32.4 Å². The Morgan fingerprint density at radius 2 is 2.19 bits per heavy atom. The van der Waals surface area contributed by atoms with E-state index in [9.17, 15) is 13.2 Å². The zero-order valence-electron chi connectivity index (χ0n) is 12.0. The van der Waals surface area contributed by atoms with Crippen molar-refractivity contribution in [3.8, 4) is 0 Å². The number of anilines is 1. The maximum atomic E-state index is 12.1. The molecule has 0 aromatic carbocycles. The van der Waals surface area contributed by atoms with Crippen LogP contribution in [0.3, 0.4) is 0 Å². The number of amides is 1. The summed E-state index contributed by atoms with van der Waals surface area (Å²) < 4.78 is 25.7. The molecular formula is C12H20N4O3S2. The number of aromatic nitrogens is 2. The first kappa shape index (κ1) is 16.3. The highest BCUT2D eigenvalue weighted by Gasteiger charge is 2.30. The van der Waals surface area contributed by atoms with Crippen molar-refractivity contribution in [2.75, 3.05) is 24.2 Å². The number of hydrogen-bond acceptors (Lipinski definition) is 6. The fourth-order valence-electron chi connectivity index (χ4n) is 2.29. The summed E-state index contributed by atoms with van der Waals surface area (Å²) in [4.78, 5) is 12.1. The van der Waals surface area contributed by atoms with E-state index in [4.69, 9.17) is 0 Å². The van der Waals surface area contributed by atoms with Gasteiger partial charge in [-0.05, 0) is 19.3 Å². The lowest BCUT2D eigenvalue weighted by Gasteiger charge is -2.30. The first-order valence-corrected chi connectivity index (χ1v) is 9.56. The van der Waals surface area contributed by atoms with Gasteiger partial charge in [-0.3, -0.25) is 4.79 Å². The average Bonchev–Trinajstić information content (AvgIpc) is 2.98. The van der Waals surface area contributed by atoms with Crippen molar-refractivity contribution in [1.29, 1.82) is 0 Å². The summed E-state index contributed by atoms with van der Waals surface area (Å²) in [6.07, 6.45) is 2.64. The molecule has 1 fully saturated rings. The average molecular weight is 332 g/mol. The highest BCUT2D eigenvalue weighted by Crippen LogP contribution is 2.22. The van der Waals surface area contributed by atoms with Crippen molar-refractivity contribution < 1.29 is 13.2 Å². The minimum absolute atomic E-state index is 0.0997. The monoisotopic (exact) mass is 332 g/mol. The Labute approximate surface area is 128 Å². The van der Waals surface area contributed by atoms with Gasteiger partial charge in [0.05, 0.1) is 5.75 Å². The van der Waals surface area contributed by atoms with Crippen molar-refractivity contribution in [2.24, 2.45) is 5.92 Å². The van der Waals surface area contributed by atoms with Crippen molar-refractivity contribution in [1.82, 2.24) is 14.5 Å². The van der Waals surface area contributed by atoms with Crippen molar-refractivity contribution in [3.63, 3.8) is 0 Å². The van der Waals surface area contributed by atoms with Gasteiger partial charge in [-0.15, -0.1) is 10.2 Å². The van der Waals surface area contributed by atoms with Gasteiger partial charge in [-0.25, -0.2) is 12.7 Å². The molecule has 1 aromatic heterocycles. The summed E-state index contributed by atoms with van der Waals surface area (Å²) in [7, 11) is -3.16. The Morgan fingerprint density at radius 1 is 1.48 bits per heavy atom. The van der Waals surface area contributed by atoms with E-state index in [-0.39, 0.29) is 17.6 Å². The van der Waals surface area contributed by atoms with Gasteiger partial charge < -0.3 is 5.32 Å². The van der Waals surface area contributed by atoms with Crippen LogP contribution in [0.4, 0.5) is 5.13 Å². The molecule has 0 spiro atoms. The summed E-state index contributed by atoms with van der Waals surface area (Å²) in [6.45, 7) is 2.81. The predicted octanol–water partition coefficient (Wildman–Crippen LogP) is 1.32. The molecule has 2 heterocycles. The largest absolute Gasteiger partial charge is 0.300 e. The third-order valence-electron chi connectivity index (χ3n) is 3.56. The van der Waals surface area contributed by atoms with Crippen LogP contribution in [0, 0.1) is 5.92 Å². The maximum absolute atomic E-state index is 12.1. The normalized spacial score (nSPS) is 17.8. The van der Waals surface area contributed by atoms with Crippen LogP contribution in [0.1, 0.15) is 32.6 Å². The molecule has 1 aromatic rings. The summed E-state index contributed by atoms with van der Waals surface area (Å²) >= 11 is 1.27. The Balaban J connectivity index is 1.84. The van der Waals surface area contributed by atoms with Crippen LogP contribution < -0.4 is 5.32 Å². The number of piperidine rings is 1. The molecular weight excluding hydrogens is 312 g/mol. The highest BCUT2D eigenvalue weighted by atomic mass is 32.2. The van der Waals surface area contributed by atoms with Crippen LogP contribution >= 0.6 is 11.3 Å². The van der Waals surface area contributed by atoms with Crippen LogP contribution in [0.5, 0.6) is 0 Å². The lowest BCUT2D eigenvalue weighted by Crippen LogP contribution is -2.42. The van der Waals surface area contributed by atoms with E-state index in [2.05, 4.69) is 15.5 Å². The summed E-state index contributed by atoms with van der Waals surface area (Å²) in [5, 5.41) is 10.6. The molecule has 0 radical (unpaired) electrons. The molecule has 7 nitrogen and oxygen atoms in total. The van der Waals surface area contributed by atoms with Gasteiger partial charge >= 0.3 is 0 Å². The maximum Gasteiger partial charge on any atom is 0.229 e. The lowest BCUT2D eigenvalue weighted by atomic mass is 9.97. The molecule has 0 bridgehead atoms. The number of unbranched alkanes of at least 4 members (excludes halogenated alkanes) is 1. The van der Waals surface area contributed by atoms with Crippen LogP contribution in [0.25, 0.3) is 0 Å². The van der Waals surface area contributed by atoms with E-state index in [1.54, 1.807) is 5.51 Å². The predicted molar refractivity (Wildman–Crippen MR) is 81.5 cm³/mol. The summed E-state index contributed by atoms with van der Waals surface area (Å²) in [6, 6.07) is 0. The highest BCUT2D eigenvalue weighted by molar-refractivity contribution is 7.89. The van der Waals surface area contributed by atoms with Crippen molar-refractivity contribution in [3.05, 3.63) is 5.51 Å². The van der Waals surface area contributed by atoms with Crippen LogP contribution in [0.2, 0.25) is 0 Å². The third-order valence-corrected chi connectivity index (χ3v) is 6.13. The Hall–Kier alpha value is -1.06. The number of nitrogens with one attached hydrogen (secondary N) is 1. The van der Waals surface area contributed by atoms with Gasteiger partial charge in [0.15, 0.2) is 0 Å². The van der Waals surface area contributed by atoms with E-state index < -0.39 is 10.0 Å². The zero-order chi connectivity index (χ0) is 15.3. The molecule has 0 aliphatic carbocycles. The molecule has 0 saturated carbocycles. The van der Waals surface area contributed by atoms with Gasteiger partial charge in [-0.2, -0.15) is 0 Å². The van der Waals surface area contributed by atoms with Gasteiger partial charge in [0.1, 0.15) is 5.51 Å². The minimum Gasteiger partial charge on any atom is -0.300 e. The molecule has 1 aliphatic heterocycles. The molecule has 118 valence electrons. The lowest BCUT2D eigenvalue weighted by molar-refractivity contribution is -0.120. The second-order valence-corrected chi connectivity index (χ2v) is 8.00. The van der Waals surface area contributed by atoms with Gasteiger partial charge in [0.25, 0.3) is 0 Å². The molecule has 21 heavy (non-hydrogen) atoms. The first-order valence-electron chi connectivity index (χ1n) is 7.08. The number of carbonyl (C=O) groups is 1. The molecule has 1 saturated heterocycles. The fraction of sp³-hybridized carbons (Fsp3) is 0.750. The van der Waals surface area contributed by atoms with E-state index in [0.29, 0.717) is 37.5 Å². The smallest absolute Gasteiger partial charge is 0.229 e. The van der Waals surface area contributed by atoms with Gasteiger partial charge in [0, 0.05) is 19.0 Å². The second-order valence-electron chi connectivity index (χ2n) is 5.08. The number of hydrogen-bond donors (Lipinski definition) is 1. The number of sulfonamides is 1. The van der Waals surface area contributed by atoms with Gasteiger partial charge in [0.2, 0.25) is 21.1 Å². The topological polar surface area (TPSA) is 92.3 Å². The summed E-state index contributed by atoms with van der Waals surface area (Å²) in [5.74, 6) is -0.0607. The van der Waals surface area contributed by atoms with Crippen LogP contribution in [-0.2, 0) is 14.8 Å². The summed E-state index contributed by atoms with van der Waals surface area (Å²) in [5.41, 5.74) is 1.55. The third kappa shape index (κ3) is 4.45. The molecule has 0 atom stereocenters. The van der Waals surface area contributed by atoms with Crippen LogP contribution in [-0.4, -0.2) is 47.7 Å². The Morgan fingerprint density at radius 3 is 2.76 bits per heavy atom. The Kier molecular flexibility index (Phi) is 5.65. The number of rotatable bonds is 6. The van der Waals surface area contributed by atoms with E-state index in [1.165, 1.54) is 15.6 Å². The standard InChI is InChI=1S/C12H20N4O3S2/c1-2-3-8-21(18,19)16-6-4-10(5-7-16)11(17)14-12-15-13-9-20-12/h9-10H,2-8H2,1H3,(H,14,15,17). The second kappa shape index (κ2) is 7.28. The quantitative estimate of drug-likeness (QED) is 0.848. The molecule has 1 amide bonds. The molecule has 2 rings (SSSR count). The number of carbonyl (C=O) groups excluding carboxylic acids is 1. The van der Waals surface area contributed by atoms with Gasteiger partial charge in [-0.1, -0.05) is 24.7 Å². The SMILES string of the molecule is CCCCS(=O)(=O)N1CCC(C(=O)Nc2nncs2)CC1. The number of nitrogens with zero attached hydrogens (tertiary/aromatic N) is 3. The van der Waals surface area contributed by atoms with E-state index >= 15 is 0 Å². The van der Waals surface area contributed by atoms with E-state index in [1.807, 2.05) is 6.92 Å². The molecule has 0 unspecified atom stereocenters. The molecule has 1 aliphatic rings.